The van der Waals surface area contributed by atoms with Crippen LogP contribution in [-0.4, -0.2) is 55.0 Å². The molecule has 0 aromatic heterocycles. The summed E-state index contributed by atoms with van der Waals surface area (Å²) in [5.41, 5.74) is 2.84. The third-order valence-corrected chi connectivity index (χ3v) is 6.76. The molecule has 0 amide bonds. The van der Waals surface area contributed by atoms with E-state index in [-0.39, 0.29) is 36.5 Å². The highest BCUT2D eigenvalue weighted by atomic mass is 32.2. The summed E-state index contributed by atoms with van der Waals surface area (Å²) in [6.07, 6.45) is 0.00424. The van der Waals surface area contributed by atoms with Gasteiger partial charge in [0.25, 0.3) is 0 Å². The summed E-state index contributed by atoms with van der Waals surface area (Å²) >= 11 is 0. The van der Waals surface area contributed by atoms with Crippen molar-refractivity contribution in [3.63, 3.8) is 0 Å². The highest BCUT2D eigenvalue weighted by molar-refractivity contribution is 7.91. The number of aliphatic hydroxyl groups is 1. The number of hydrazine groups is 1. The van der Waals surface area contributed by atoms with E-state index in [2.05, 4.69) is 5.16 Å². The number of halogens is 3. The van der Waals surface area contributed by atoms with E-state index < -0.39 is 63.2 Å². The number of nitrogens with zero attached hydrogens (tertiary/aromatic N) is 2. The average Bonchev–Trinajstić information content (AvgIpc) is 3.12. The Kier molecular flexibility index (Phi) is 6.29. The minimum absolute atomic E-state index is 0.0947. The fourth-order valence-electron chi connectivity index (χ4n) is 3.52. The summed E-state index contributed by atoms with van der Waals surface area (Å²) in [6.45, 7) is -0.216. The number of hydrogen-bond acceptors (Lipinski definition) is 8. The third-order valence-electron chi connectivity index (χ3n) is 5.10. The lowest BCUT2D eigenvalue weighted by molar-refractivity contribution is 0.0637. The number of oxime groups is 1. The van der Waals surface area contributed by atoms with Crippen LogP contribution in [0, 0.1) is 11.6 Å². The lowest BCUT2D eigenvalue weighted by Gasteiger charge is -2.30. The van der Waals surface area contributed by atoms with Gasteiger partial charge in [-0.05, 0) is 25.0 Å². The second-order valence-corrected chi connectivity index (χ2v) is 9.76. The first-order valence-corrected chi connectivity index (χ1v) is 11.1. The van der Waals surface area contributed by atoms with Crippen molar-refractivity contribution in [2.75, 3.05) is 24.7 Å². The zero-order chi connectivity index (χ0) is 22.1. The fourth-order valence-corrected chi connectivity index (χ4v) is 4.99. The maximum Gasteiger partial charge on any atom is 0.152 e. The van der Waals surface area contributed by atoms with Crippen molar-refractivity contribution in [1.29, 1.82) is 0 Å². The number of hydrogen-bond donors (Lipinski definition) is 3. The van der Waals surface area contributed by atoms with Gasteiger partial charge >= 0.3 is 0 Å². The number of rotatable bonds is 6. The first-order chi connectivity index (χ1) is 14.0. The average molecular weight is 448 g/mol. The maximum atomic E-state index is 15.2. The van der Waals surface area contributed by atoms with Gasteiger partial charge in [0, 0.05) is 18.2 Å². The molecule has 0 radical (unpaired) electrons. The summed E-state index contributed by atoms with van der Waals surface area (Å²) < 4.78 is 67.6. The molecule has 2 aliphatic heterocycles. The van der Waals surface area contributed by atoms with E-state index in [4.69, 9.17) is 21.5 Å². The lowest BCUT2D eigenvalue weighted by Crippen LogP contribution is -2.35. The molecule has 1 saturated heterocycles. The Morgan fingerprint density at radius 1 is 1.33 bits per heavy atom. The van der Waals surface area contributed by atoms with Crippen molar-refractivity contribution in [3.05, 3.63) is 46.8 Å². The smallest absolute Gasteiger partial charge is 0.152 e. The van der Waals surface area contributed by atoms with Gasteiger partial charge in [-0.1, -0.05) is 5.16 Å². The SMILES string of the molecule is N/C(=C\N(N)C[C@H]1CC(c2cc(F)c(C3(F)CCS(=O)(=O)CC3)c(F)c2)=NO1)CO. The van der Waals surface area contributed by atoms with E-state index in [1.165, 1.54) is 11.2 Å². The van der Waals surface area contributed by atoms with Crippen LogP contribution in [0.2, 0.25) is 0 Å². The van der Waals surface area contributed by atoms with Crippen molar-refractivity contribution in [1.82, 2.24) is 5.01 Å². The van der Waals surface area contributed by atoms with Crippen LogP contribution in [0.3, 0.4) is 0 Å². The summed E-state index contributed by atoms with van der Waals surface area (Å²) in [5, 5.41) is 13.9. The first kappa shape index (κ1) is 22.4. The molecule has 8 nitrogen and oxygen atoms in total. The van der Waals surface area contributed by atoms with E-state index in [1.807, 2.05) is 0 Å². The van der Waals surface area contributed by atoms with Crippen molar-refractivity contribution < 1.29 is 31.5 Å². The van der Waals surface area contributed by atoms with Gasteiger partial charge in [-0.3, -0.25) is 0 Å². The monoisotopic (exact) mass is 448 g/mol. The number of nitrogens with two attached hydrogens (primary N) is 2. The van der Waals surface area contributed by atoms with Crippen LogP contribution < -0.4 is 11.6 Å². The van der Waals surface area contributed by atoms with Gasteiger partial charge in [-0.2, -0.15) is 0 Å². The zero-order valence-electron chi connectivity index (χ0n) is 16.0. The summed E-state index contributed by atoms with van der Waals surface area (Å²) in [7, 11) is -3.39. The van der Waals surface area contributed by atoms with E-state index in [0.29, 0.717) is 0 Å². The molecule has 12 heteroatoms. The number of benzene rings is 1. The molecule has 1 aromatic carbocycles. The van der Waals surface area contributed by atoms with Crippen LogP contribution in [0.5, 0.6) is 0 Å². The third kappa shape index (κ3) is 4.87. The summed E-state index contributed by atoms with van der Waals surface area (Å²) in [6, 6.07) is 1.94. The zero-order valence-corrected chi connectivity index (χ0v) is 16.8. The Balaban J connectivity index is 1.73. The van der Waals surface area contributed by atoms with E-state index in [0.717, 1.165) is 12.1 Å². The molecule has 3 rings (SSSR count). The molecule has 2 aliphatic rings. The van der Waals surface area contributed by atoms with Crippen LogP contribution in [0.1, 0.15) is 30.4 Å². The Morgan fingerprint density at radius 3 is 2.50 bits per heavy atom. The Labute approximate surface area is 171 Å². The Bertz CT molecular complexity index is 947. The van der Waals surface area contributed by atoms with Gasteiger partial charge in [0.2, 0.25) is 0 Å². The number of aliphatic hydroxyl groups excluding tert-OH is 1. The molecular formula is C18H23F3N4O4S. The molecule has 5 N–H and O–H groups in total. The van der Waals surface area contributed by atoms with Gasteiger partial charge in [-0.15, -0.1) is 0 Å². The summed E-state index contributed by atoms with van der Waals surface area (Å²) in [5.74, 6) is 2.61. The Morgan fingerprint density at radius 2 is 1.93 bits per heavy atom. The van der Waals surface area contributed by atoms with Gasteiger partial charge < -0.3 is 20.7 Å². The van der Waals surface area contributed by atoms with Crippen molar-refractivity contribution in [2.45, 2.75) is 31.0 Å². The molecule has 0 saturated carbocycles. The van der Waals surface area contributed by atoms with E-state index in [9.17, 15) is 17.2 Å². The van der Waals surface area contributed by atoms with Crippen molar-refractivity contribution in [2.24, 2.45) is 16.7 Å². The minimum Gasteiger partial charge on any atom is -0.399 e. The van der Waals surface area contributed by atoms with Gasteiger partial charge in [0.15, 0.2) is 15.9 Å². The molecule has 0 bridgehead atoms. The Hall–Kier alpha value is -2.31. The number of sulfone groups is 1. The molecule has 1 fully saturated rings. The largest absolute Gasteiger partial charge is 0.399 e. The van der Waals surface area contributed by atoms with Crippen molar-refractivity contribution >= 4 is 15.5 Å². The van der Waals surface area contributed by atoms with Crippen LogP contribution in [0.15, 0.2) is 29.2 Å². The predicted octanol–water partition coefficient (Wildman–Crippen LogP) is 0.799. The van der Waals surface area contributed by atoms with Crippen LogP contribution in [-0.2, 0) is 20.3 Å². The highest BCUT2D eigenvalue weighted by Gasteiger charge is 2.43. The quantitative estimate of drug-likeness (QED) is 0.433. The molecule has 0 spiro atoms. The second kappa shape index (κ2) is 8.44. The highest BCUT2D eigenvalue weighted by Crippen LogP contribution is 2.41. The predicted molar refractivity (Wildman–Crippen MR) is 103 cm³/mol. The molecule has 1 aromatic rings. The molecular weight excluding hydrogens is 425 g/mol. The summed E-state index contributed by atoms with van der Waals surface area (Å²) in [4.78, 5) is 5.22. The van der Waals surface area contributed by atoms with Crippen LogP contribution in [0.25, 0.3) is 0 Å². The van der Waals surface area contributed by atoms with Crippen molar-refractivity contribution in [3.8, 4) is 0 Å². The lowest BCUT2D eigenvalue weighted by atomic mass is 9.87. The standard InChI is InChI=1S/C18H23F3N4O4S/c19-14-5-11(16-7-13(29-24-16)9-25(23)8-12(22)10-26)6-15(20)17(14)18(21)1-3-30(27,28)4-2-18/h5-6,8,13,26H,1-4,7,9-10,22-23H2/b12-8-/t13-/m1/s1. The van der Waals surface area contributed by atoms with Crippen LogP contribution >= 0.6 is 0 Å². The van der Waals surface area contributed by atoms with Gasteiger partial charge in [0.1, 0.15) is 17.3 Å². The molecule has 30 heavy (non-hydrogen) atoms. The molecule has 0 unspecified atom stereocenters. The molecule has 166 valence electrons. The molecule has 0 aliphatic carbocycles. The van der Waals surface area contributed by atoms with E-state index >= 15 is 4.39 Å². The molecule has 1 atom stereocenters. The first-order valence-electron chi connectivity index (χ1n) is 9.23. The van der Waals surface area contributed by atoms with Crippen LogP contribution in [0.4, 0.5) is 13.2 Å². The second-order valence-electron chi connectivity index (χ2n) is 7.46. The fraction of sp³-hybridized carbons (Fsp3) is 0.500. The van der Waals surface area contributed by atoms with Gasteiger partial charge in [0.05, 0.1) is 41.6 Å². The topological polar surface area (TPSA) is 131 Å². The van der Waals surface area contributed by atoms with Gasteiger partial charge in [-0.25, -0.2) is 27.4 Å². The maximum absolute atomic E-state index is 15.2. The molecule has 2 heterocycles. The normalized spacial score (nSPS) is 23.0. The van der Waals surface area contributed by atoms with E-state index in [1.54, 1.807) is 0 Å². The number of alkyl halides is 1. The minimum atomic E-state index is -3.39.